The Kier molecular flexibility index (Phi) is 6.67. The SMILES string of the molecule is CCOCCCNC(=O)c1ccc(Cl)c(NC2=N[C@H]3CS(=O)(=O)C[C@@H]3S2)c1. The van der Waals surface area contributed by atoms with E-state index in [1.54, 1.807) is 18.2 Å². The van der Waals surface area contributed by atoms with Crippen LogP contribution in [0.3, 0.4) is 0 Å². The molecule has 7 nitrogen and oxygen atoms in total. The van der Waals surface area contributed by atoms with E-state index in [0.717, 1.165) is 6.42 Å². The third-order valence-corrected chi connectivity index (χ3v) is 7.71. The summed E-state index contributed by atoms with van der Waals surface area (Å²) >= 11 is 7.65. The lowest BCUT2D eigenvalue weighted by atomic mass is 10.2. The highest BCUT2D eigenvalue weighted by Crippen LogP contribution is 2.35. The van der Waals surface area contributed by atoms with Gasteiger partial charge in [-0.1, -0.05) is 23.4 Å². The molecule has 2 N–H and O–H groups in total. The molecule has 0 bridgehead atoms. The molecular weight excluding hydrogens is 410 g/mol. The second-order valence-corrected chi connectivity index (χ2v) is 10.1. The Hall–Kier alpha value is -1.29. The molecule has 1 aromatic rings. The van der Waals surface area contributed by atoms with Crippen molar-refractivity contribution in [3.63, 3.8) is 0 Å². The Morgan fingerprint density at radius 2 is 2.22 bits per heavy atom. The summed E-state index contributed by atoms with van der Waals surface area (Å²) in [6.45, 7) is 3.74. The minimum absolute atomic E-state index is 0.0481. The molecule has 0 aliphatic carbocycles. The van der Waals surface area contributed by atoms with Gasteiger partial charge >= 0.3 is 0 Å². The molecule has 1 saturated heterocycles. The number of nitrogens with one attached hydrogen (secondary N) is 2. The van der Waals surface area contributed by atoms with E-state index in [1.807, 2.05) is 6.92 Å². The van der Waals surface area contributed by atoms with Crippen LogP contribution in [-0.2, 0) is 14.6 Å². The zero-order valence-electron chi connectivity index (χ0n) is 14.9. The fourth-order valence-corrected chi connectivity index (χ4v) is 6.75. The zero-order chi connectivity index (χ0) is 19.4. The fraction of sp³-hybridized carbons (Fsp3) is 0.529. The maximum atomic E-state index is 12.3. The number of fused-ring (bicyclic) bond motifs is 1. The quantitative estimate of drug-likeness (QED) is 0.642. The fourth-order valence-electron chi connectivity index (χ4n) is 2.92. The van der Waals surface area contributed by atoms with Gasteiger partial charge in [0.25, 0.3) is 5.91 Å². The molecule has 1 fully saturated rings. The molecule has 2 aliphatic rings. The van der Waals surface area contributed by atoms with Crippen LogP contribution in [0, 0.1) is 0 Å². The lowest BCUT2D eigenvalue weighted by molar-refractivity contribution is 0.0944. The molecule has 0 spiro atoms. The second-order valence-electron chi connectivity index (χ2n) is 6.36. The van der Waals surface area contributed by atoms with Gasteiger partial charge in [0.1, 0.15) is 0 Å². The Bertz CT molecular complexity index is 845. The number of sulfone groups is 1. The number of nitrogens with zero attached hydrogens (tertiary/aromatic N) is 1. The molecule has 0 aromatic heterocycles. The Labute approximate surface area is 168 Å². The summed E-state index contributed by atoms with van der Waals surface area (Å²) in [5.41, 5.74) is 1.07. The molecule has 148 valence electrons. The van der Waals surface area contributed by atoms with Crippen molar-refractivity contribution in [1.82, 2.24) is 5.32 Å². The number of benzene rings is 1. The maximum Gasteiger partial charge on any atom is 0.251 e. The molecule has 0 radical (unpaired) electrons. The number of amides is 1. The number of thioether (sulfide) groups is 1. The van der Waals surface area contributed by atoms with Crippen LogP contribution in [0.15, 0.2) is 23.2 Å². The third-order valence-electron chi connectivity index (χ3n) is 4.24. The monoisotopic (exact) mass is 431 g/mol. The molecule has 2 atom stereocenters. The molecule has 1 aromatic carbocycles. The van der Waals surface area contributed by atoms with Gasteiger partial charge in [-0.2, -0.15) is 0 Å². The summed E-state index contributed by atoms with van der Waals surface area (Å²) in [5, 5.41) is 7.03. The summed E-state index contributed by atoms with van der Waals surface area (Å²) in [6, 6.07) is 4.78. The van der Waals surface area contributed by atoms with Gasteiger partial charge in [-0.3, -0.25) is 9.79 Å². The number of carbonyl (C=O) groups is 1. The number of aliphatic imine (C=N–C) groups is 1. The molecule has 10 heteroatoms. The van der Waals surface area contributed by atoms with Crippen molar-refractivity contribution in [1.29, 1.82) is 0 Å². The normalized spacial score (nSPS) is 23.0. The van der Waals surface area contributed by atoms with Gasteiger partial charge in [0.2, 0.25) is 0 Å². The van der Waals surface area contributed by atoms with Crippen LogP contribution < -0.4 is 10.6 Å². The first-order chi connectivity index (χ1) is 12.9. The number of carbonyl (C=O) groups excluding carboxylic acids is 1. The number of ether oxygens (including phenoxy) is 1. The van der Waals surface area contributed by atoms with Crippen molar-refractivity contribution in [3.05, 3.63) is 28.8 Å². The van der Waals surface area contributed by atoms with Crippen molar-refractivity contribution in [3.8, 4) is 0 Å². The van der Waals surface area contributed by atoms with Gasteiger partial charge in [0.05, 0.1) is 28.3 Å². The number of rotatable bonds is 7. The first-order valence-electron chi connectivity index (χ1n) is 8.75. The van der Waals surface area contributed by atoms with Crippen molar-refractivity contribution in [2.24, 2.45) is 4.99 Å². The van der Waals surface area contributed by atoms with Crippen LogP contribution in [0.5, 0.6) is 0 Å². The van der Waals surface area contributed by atoms with Crippen LogP contribution in [0.25, 0.3) is 0 Å². The van der Waals surface area contributed by atoms with Crippen LogP contribution in [0.4, 0.5) is 5.69 Å². The van der Waals surface area contributed by atoms with Gasteiger partial charge in [-0.25, -0.2) is 8.42 Å². The molecule has 27 heavy (non-hydrogen) atoms. The second kappa shape index (κ2) is 8.81. The zero-order valence-corrected chi connectivity index (χ0v) is 17.3. The van der Waals surface area contributed by atoms with Crippen molar-refractivity contribution in [2.75, 3.05) is 36.6 Å². The van der Waals surface area contributed by atoms with Crippen LogP contribution in [-0.4, -0.2) is 62.0 Å². The first-order valence-corrected chi connectivity index (χ1v) is 11.8. The maximum absolute atomic E-state index is 12.3. The van der Waals surface area contributed by atoms with Gasteiger partial charge in [-0.05, 0) is 31.5 Å². The topological polar surface area (TPSA) is 96.9 Å². The van der Waals surface area contributed by atoms with Crippen molar-refractivity contribution < 1.29 is 17.9 Å². The van der Waals surface area contributed by atoms with E-state index in [9.17, 15) is 13.2 Å². The lowest BCUT2D eigenvalue weighted by Crippen LogP contribution is -2.25. The predicted molar refractivity (Wildman–Crippen MR) is 110 cm³/mol. The molecular formula is C17H22ClN3O4S2. The Morgan fingerprint density at radius 1 is 1.41 bits per heavy atom. The lowest BCUT2D eigenvalue weighted by Gasteiger charge is -2.11. The van der Waals surface area contributed by atoms with Gasteiger partial charge in [0.15, 0.2) is 15.0 Å². The van der Waals surface area contributed by atoms with E-state index in [0.29, 0.717) is 41.2 Å². The largest absolute Gasteiger partial charge is 0.382 e. The Morgan fingerprint density at radius 3 is 2.96 bits per heavy atom. The average Bonchev–Trinajstić information content (AvgIpc) is 3.09. The molecule has 1 amide bonds. The standard InChI is InChI=1S/C17H22ClN3O4S2/c1-2-25-7-3-6-19-16(22)11-4-5-12(18)13(8-11)20-17-21-14-9-27(23,24)10-15(14)26-17/h4-5,8,14-15H,2-3,6-7,9-10H2,1H3,(H,19,22)(H,20,21)/t14-,15-/m0/s1. The van der Waals surface area contributed by atoms with Gasteiger partial charge in [-0.15, -0.1) is 0 Å². The summed E-state index contributed by atoms with van der Waals surface area (Å²) in [6.07, 6.45) is 0.747. The van der Waals surface area contributed by atoms with E-state index < -0.39 is 9.84 Å². The predicted octanol–water partition coefficient (Wildman–Crippen LogP) is 2.18. The number of hydrogen-bond acceptors (Lipinski definition) is 7. The third kappa shape index (κ3) is 5.37. The molecule has 2 heterocycles. The minimum Gasteiger partial charge on any atom is -0.382 e. The van der Waals surface area contributed by atoms with Crippen LogP contribution >= 0.6 is 23.4 Å². The van der Waals surface area contributed by atoms with Crippen LogP contribution in [0.1, 0.15) is 23.7 Å². The van der Waals surface area contributed by atoms with Gasteiger partial charge in [0, 0.05) is 30.6 Å². The minimum atomic E-state index is -2.99. The van der Waals surface area contributed by atoms with Crippen LogP contribution in [0.2, 0.25) is 5.02 Å². The summed E-state index contributed by atoms with van der Waals surface area (Å²) in [7, 11) is -2.99. The number of amidine groups is 1. The first kappa shape index (κ1) is 20.4. The summed E-state index contributed by atoms with van der Waals surface area (Å²) < 4.78 is 28.5. The highest BCUT2D eigenvalue weighted by Gasteiger charge is 2.42. The van der Waals surface area contributed by atoms with Crippen molar-refractivity contribution in [2.45, 2.75) is 24.6 Å². The number of halogens is 1. The molecule has 2 aliphatic heterocycles. The van der Waals surface area contributed by atoms with Gasteiger partial charge < -0.3 is 15.4 Å². The smallest absolute Gasteiger partial charge is 0.251 e. The van der Waals surface area contributed by atoms with E-state index >= 15 is 0 Å². The van der Waals surface area contributed by atoms with Crippen molar-refractivity contribution >= 4 is 50.0 Å². The molecule has 0 unspecified atom stereocenters. The van der Waals surface area contributed by atoms with E-state index in [2.05, 4.69) is 15.6 Å². The summed E-state index contributed by atoms with van der Waals surface area (Å²) in [4.78, 5) is 16.7. The number of anilines is 1. The molecule has 3 rings (SSSR count). The highest BCUT2D eigenvalue weighted by molar-refractivity contribution is 8.15. The average molecular weight is 432 g/mol. The highest BCUT2D eigenvalue weighted by atomic mass is 35.5. The Balaban J connectivity index is 1.60. The van der Waals surface area contributed by atoms with E-state index in [4.69, 9.17) is 16.3 Å². The summed E-state index contributed by atoms with van der Waals surface area (Å²) in [5.74, 6) is 0.0538. The van der Waals surface area contributed by atoms with E-state index in [-0.39, 0.29) is 28.7 Å². The molecule has 0 saturated carbocycles. The van der Waals surface area contributed by atoms with E-state index in [1.165, 1.54) is 11.8 Å². The number of hydrogen-bond donors (Lipinski definition) is 2.